The zero-order valence-corrected chi connectivity index (χ0v) is 36.6. The summed E-state index contributed by atoms with van der Waals surface area (Å²) in [5, 5.41) is 12.1. The van der Waals surface area contributed by atoms with E-state index < -0.39 is 36.4 Å². The molecule has 6 heterocycles. The molecule has 8 rings (SSSR count). The Bertz CT molecular complexity index is 2480. The number of pyridine rings is 1. The van der Waals surface area contributed by atoms with E-state index in [9.17, 15) is 24.0 Å². The number of amides is 4. The fourth-order valence-electron chi connectivity index (χ4n) is 9.09. The summed E-state index contributed by atoms with van der Waals surface area (Å²) < 4.78 is 45.3. The molecule has 2 aromatic heterocycles. The number of alkyl halides is 2. The number of aromatic nitrogens is 1. The molecular weight excluding hydrogens is 841 g/mol. The highest BCUT2D eigenvalue weighted by Gasteiger charge is 2.47. The summed E-state index contributed by atoms with van der Waals surface area (Å²) in [5.41, 5.74) is 4.16. The third kappa shape index (κ3) is 9.12. The van der Waals surface area contributed by atoms with Crippen molar-refractivity contribution in [1.82, 2.24) is 29.9 Å². The second kappa shape index (κ2) is 18.4. The standard InChI is InChI=1S/C43H49F2N7O7S.CH2O2/c1-48(2)21-31-33(58-4)16-25(17-34(31)59-5)30-22-49(3)41(56)29-19-35(60-38(29)30)40(55)46-36-12-15-51(23-43(36,44)45)26-10-13-50(14-11-26)27-7-6-24-20-52(42(57)28(24)18-27)32-8-9-37(53)47-39(32)54;2-1-3/h6-7,16-19,22,26,32,36H,8-15,20-21,23H2,1-5H3,(H,46,55)(H,47,53,54);1H,(H,2,3)/t32?,36-;/m0./s1. The van der Waals surface area contributed by atoms with Crippen molar-refractivity contribution in [1.29, 1.82) is 0 Å². The summed E-state index contributed by atoms with van der Waals surface area (Å²) >= 11 is 1.09. The molecule has 4 aliphatic rings. The lowest BCUT2D eigenvalue weighted by molar-refractivity contribution is -0.137. The molecule has 3 N–H and O–H groups in total. The Morgan fingerprint density at radius 2 is 1.68 bits per heavy atom. The zero-order chi connectivity index (χ0) is 45.3. The van der Waals surface area contributed by atoms with Gasteiger partial charge in [0.2, 0.25) is 11.8 Å². The summed E-state index contributed by atoms with van der Waals surface area (Å²) in [5.74, 6) is -3.66. The molecule has 0 aliphatic carbocycles. The SMILES string of the molecule is COc1cc(-c2cn(C)c(=O)c3cc(C(=O)N[C@H]4CCN(C5CCN(c6ccc7c(c6)C(=O)N(C6CCC(=O)NC6=O)C7)CC5)CC4(F)F)sc23)cc(OC)c1CN(C)C.O=CO. The molecule has 0 saturated carbocycles. The number of imide groups is 1. The first-order chi connectivity index (χ1) is 30.1. The average molecular weight is 892 g/mol. The Balaban J connectivity index is 0.00000193. The van der Waals surface area contributed by atoms with E-state index in [-0.39, 0.29) is 47.6 Å². The highest BCUT2D eigenvalue weighted by atomic mass is 32.1. The number of ether oxygens (including phenoxy) is 2. The van der Waals surface area contributed by atoms with Crippen LogP contribution in [-0.4, -0.2) is 133 Å². The van der Waals surface area contributed by atoms with Crippen LogP contribution in [0.4, 0.5) is 14.5 Å². The number of likely N-dealkylation sites (tertiary alicyclic amines) is 1. The summed E-state index contributed by atoms with van der Waals surface area (Å²) in [7, 11) is 8.67. The van der Waals surface area contributed by atoms with E-state index in [0.717, 1.165) is 28.2 Å². The van der Waals surface area contributed by atoms with E-state index in [2.05, 4.69) is 15.5 Å². The van der Waals surface area contributed by atoms with Gasteiger partial charge in [-0.05, 0) is 81.2 Å². The predicted octanol–water partition coefficient (Wildman–Crippen LogP) is 3.92. The van der Waals surface area contributed by atoms with Gasteiger partial charge in [0, 0.05) is 79.9 Å². The lowest BCUT2D eigenvalue weighted by Crippen LogP contribution is -2.61. The number of nitrogens with zero attached hydrogens (tertiary/aromatic N) is 5. The molecule has 2 atom stereocenters. The van der Waals surface area contributed by atoms with E-state index >= 15 is 8.78 Å². The van der Waals surface area contributed by atoms with Crippen LogP contribution in [0.25, 0.3) is 21.2 Å². The molecule has 63 heavy (non-hydrogen) atoms. The van der Waals surface area contributed by atoms with Gasteiger partial charge in [-0.25, -0.2) is 8.78 Å². The maximum Gasteiger partial charge on any atom is 0.290 e. The van der Waals surface area contributed by atoms with Crippen LogP contribution in [0.5, 0.6) is 11.5 Å². The van der Waals surface area contributed by atoms with E-state index in [1.54, 1.807) is 27.5 Å². The molecule has 4 aliphatic heterocycles. The highest BCUT2D eigenvalue weighted by molar-refractivity contribution is 7.21. The van der Waals surface area contributed by atoms with Gasteiger partial charge in [0.15, 0.2) is 0 Å². The summed E-state index contributed by atoms with van der Waals surface area (Å²) in [6, 6.07) is 8.79. The Labute approximate surface area is 366 Å². The fraction of sp³-hybridized carbons (Fsp3) is 0.455. The van der Waals surface area contributed by atoms with Gasteiger partial charge in [-0.3, -0.25) is 39.0 Å². The molecule has 336 valence electrons. The highest BCUT2D eigenvalue weighted by Crippen LogP contribution is 2.40. The van der Waals surface area contributed by atoms with E-state index in [1.807, 2.05) is 54.2 Å². The number of halogens is 2. The minimum atomic E-state index is -3.20. The van der Waals surface area contributed by atoms with E-state index in [4.69, 9.17) is 19.4 Å². The second-order valence-electron chi connectivity index (χ2n) is 16.5. The number of carbonyl (C=O) groups is 5. The number of benzene rings is 2. The molecule has 3 saturated heterocycles. The lowest BCUT2D eigenvalue weighted by Gasteiger charge is -2.45. The first kappa shape index (κ1) is 45.1. The first-order valence-corrected chi connectivity index (χ1v) is 21.4. The van der Waals surface area contributed by atoms with Gasteiger partial charge in [-0.1, -0.05) is 6.07 Å². The van der Waals surface area contributed by atoms with Gasteiger partial charge in [0.25, 0.3) is 29.8 Å². The minimum Gasteiger partial charge on any atom is -0.496 e. The summed E-state index contributed by atoms with van der Waals surface area (Å²) in [4.78, 5) is 80.5. The molecule has 16 nitrogen and oxygen atoms in total. The predicted molar refractivity (Wildman–Crippen MR) is 232 cm³/mol. The number of fused-ring (bicyclic) bond motifs is 2. The fourth-order valence-corrected chi connectivity index (χ4v) is 10.2. The quantitative estimate of drug-likeness (QED) is 0.155. The normalized spacial score (nSPS) is 20.3. The van der Waals surface area contributed by atoms with Crippen LogP contribution in [0, 0.1) is 0 Å². The number of anilines is 1. The number of thiophene rings is 1. The van der Waals surface area contributed by atoms with E-state index in [1.165, 1.54) is 15.5 Å². The number of piperidine rings is 3. The van der Waals surface area contributed by atoms with Gasteiger partial charge in [-0.2, -0.15) is 0 Å². The topological polar surface area (TPSA) is 183 Å². The van der Waals surface area contributed by atoms with Gasteiger partial charge in [0.05, 0.1) is 42.6 Å². The minimum absolute atomic E-state index is 0.0619. The van der Waals surface area contributed by atoms with Gasteiger partial charge in [0.1, 0.15) is 17.5 Å². The molecule has 4 aromatic rings. The monoisotopic (exact) mass is 891 g/mol. The largest absolute Gasteiger partial charge is 0.496 e. The van der Waals surface area contributed by atoms with Crippen molar-refractivity contribution in [3.8, 4) is 22.6 Å². The van der Waals surface area contributed by atoms with Crippen LogP contribution >= 0.6 is 11.3 Å². The number of carbonyl (C=O) groups excluding carboxylic acids is 4. The van der Waals surface area contributed by atoms with Crippen molar-refractivity contribution < 1.29 is 47.3 Å². The zero-order valence-electron chi connectivity index (χ0n) is 35.7. The Morgan fingerprint density at radius 1 is 1.00 bits per heavy atom. The Hall–Kier alpha value is -5.92. The van der Waals surface area contributed by atoms with Crippen LogP contribution in [0.1, 0.15) is 63.3 Å². The number of nitrogens with one attached hydrogen (secondary N) is 2. The number of hydrogen-bond donors (Lipinski definition) is 3. The van der Waals surface area contributed by atoms with Gasteiger partial charge in [-0.15, -0.1) is 11.3 Å². The molecule has 0 radical (unpaired) electrons. The van der Waals surface area contributed by atoms with Crippen molar-refractivity contribution in [3.63, 3.8) is 0 Å². The van der Waals surface area contributed by atoms with E-state index in [0.29, 0.717) is 90.3 Å². The van der Waals surface area contributed by atoms with Gasteiger partial charge >= 0.3 is 0 Å². The first-order valence-electron chi connectivity index (χ1n) is 20.6. The second-order valence-corrected chi connectivity index (χ2v) is 17.6. The molecule has 1 unspecified atom stereocenters. The molecule has 0 spiro atoms. The van der Waals surface area contributed by atoms with Crippen molar-refractivity contribution >= 4 is 57.2 Å². The van der Waals surface area contributed by atoms with Crippen LogP contribution in [0.2, 0.25) is 0 Å². The number of aryl methyl sites for hydroxylation is 1. The van der Waals surface area contributed by atoms with Crippen LogP contribution in [-0.2, 0) is 34.5 Å². The molecule has 2 aromatic carbocycles. The molecular formula is C44H51F2N7O9S. The number of rotatable bonds is 10. The van der Waals surface area contributed by atoms with Crippen LogP contribution in [0.15, 0.2) is 47.4 Å². The Kier molecular flexibility index (Phi) is 13.2. The number of carboxylic acid groups (broad SMARTS) is 1. The average Bonchev–Trinajstić information content (AvgIpc) is 3.85. The van der Waals surface area contributed by atoms with Crippen molar-refractivity contribution in [2.75, 3.05) is 59.4 Å². The van der Waals surface area contributed by atoms with Crippen molar-refractivity contribution in [3.05, 3.63) is 74.5 Å². The van der Waals surface area contributed by atoms with Crippen molar-refractivity contribution in [2.24, 2.45) is 7.05 Å². The molecule has 3 fully saturated rings. The van der Waals surface area contributed by atoms with Crippen LogP contribution in [0.3, 0.4) is 0 Å². The summed E-state index contributed by atoms with van der Waals surface area (Å²) in [6.45, 7) is 1.75. The maximum atomic E-state index is 15.9. The smallest absolute Gasteiger partial charge is 0.290 e. The molecule has 19 heteroatoms. The van der Waals surface area contributed by atoms with Crippen molar-refractivity contribution in [2.45, 2.75) is 69.2 Å². The third-order valence-corrected chi connectivity index (χ3v) is 13.4. The number of hydrogen-bond acceptors (Lipinski definition) is 12. The Morgan fingerprint density at radius 3 is 2.30 bits per heavy atom. The lowest BCUT2D eigenvalue weighted by atomic mass is 9.95. The van der Waals surface area contributed by atoms with Gasteiger partial charge < -0.3 is 39.2 Å². The third-order valence-electron chi connectivity index (χ3n) is 12.3. The number of methoxy groups -OCH3 is 2. The maximum absolute atomic E-state index is 15.9. The summed E-state index contributed by atoms with van der Waals surface area (Å²) in [6.07, 6.45) is 3.54. The molecule has 4 amide bonds. The van der Waals surface area contributed by atoms with Crippen LogP contribution < -0.4 is 30.6 Å². The molecule has 0 bridgehead atoms.